The highest BCUT2D eigenvalue weighted by atomic mass is 16.2. The molecule has 1 aromatic carbocycles. The largest absolute Gasteiger partial charge is 0.336 e. The van der Waals surface area contributed by atoms with E-state index < -0.39 is 0 Å². The van der Waals surface area contributed by atoms with Gasteiger partial charge in [-0.05, 0) is 37.6 Å². The number of nitrogens with one attached hydrogen (secondary N) is 1. The Hall–Kier alpha value is -2.20. The quantitative estimate of drug-likeness (QED) is 0.866. The summed E-state index contributed by atoms with van der Waals surface area (Å²) in [5, 5.41) is 4.50. The van der Waals surface area contributed by atoms with Crippen molar-refractivity contribution in [2.24, 2.45) is 0 Å². The summed E-state index contributed by atoms with van der Waals surface area (Å²) in [5.41, 5.74) is 1.97. The molecule has 1 aliphatic heterocycles. The third kappa shape index (κ3) is 3.17. The number of fused-ring (bicyclic) bond motifs is 1. The molecule has 1 aromatic heterocycles. The van der Waals surface area contributed by atoms with Gasteiger partial charge < -0.3 is 10.2 Å². The van der Waals surface area contributed by atoms with Crippen LogP contribution in [0, 0.1) is 0 Å². The molecular weight excluding hydrogens is 274 g/mol. The SMILES string of the molecule is CC1CN(C(=O)/C=C/c2ccnc3ccccc23)CC(C)N1. The van der Waals surface area contributed by atoms with E-state index in [2.05, 4.69) is 24.1 Å². The molecule has 4 heteroatoms. The third-order valence-electron chi connectivity index (χ3n) is 3.96. The topological polar surface area (TPSA) is 45.2 Å². The first kappa shape index (κ1) is 14.7. The fourth-order valence-corrected chi connectivity index (χ4v) is 3.04. The van der Waals surface area contributed by atoms with Gasteiger partial charge in [-0.1, -0.05) is 18.2 Å². The number of nitrogens with zero attached hydrogens (tertiary/aromatic N) is 2. The van der Waals surface area contributed by atoms with Crippen molar-refractivity contribution in [2.45, 2.75) is 25.9 Å². The van der Waals surface area contributed by atoms with Crippen LogP contribution in [-0.4, -0.2) is 41.0 Å². The van der Waals surface area contributed by atoms with E-state index in [0.29, 0.717) is 12.1 Å². The van der Waals surface area contributed by atoms with Gasteiger partial charge in [-0.2, -0.15) is 0 Å². The van der Waals surface area contributed by atoms with Crippen LogP contribution in [0.1, 0.15) is 19.4 Å². The highest BCUT2D eigenvalue weighted by Gasteiger charge is 2.23. The summed E-state index contributed by atoms with van der Waals surface area (Å²) in [4.78, 5) is 18.6. The van der Waals surface area contributed by atoms with E-state index in [1.807, 2.05) is 41.3 Å². The average molecular weight is 295 g/mol. The number of carbonyl (C=O) groups excluding carboxylic acids is 1. The smallest absolute Gasteiger partial charge is 0.246 e. The molecule has 2 aromatic rings. The Morgan fingerprint density at radius 1 is 1.23 bits per heavy atom. The second-order valence-electron chi connectivity index (χ2n) is 5.96. The standard InChI is InChI=1S/C18H21N3O/c1-13-11-21(12-14(2)20-13)18(22)8-7-15-9-10-19-17-6-4-3-5-16(15)17/h3-10,13-14,20H,11-12H2,1-2H3/b8-7+. The number of aromatic nitrogens is 1. The van der Waals surface area contributed by atoms with Gasteiger partial charge >= 0.3 is 0 Å². The summed E-state index contributed by atoms with van der Waals surface area (Å²) >= 11 is 0. The monoisotopic (exact) mass is 295 g/mol. The molecule has 2 atom stereocenters. The summed E-state index contributed by atoms with van der Waals surface area (Å²) in [6, 6.07) is 10.6. The maximum atomic E-state index is 12.4. The van der Waals surface area contributed by atoms with Crippen LogP contribution in [0.2, 0.25) is 0 Å². The van der Waals surface area contributed by atoms with Gasteiger partial charge in [-0.25, -0.2) is 0 Å². The number of pyridine rings is 1. The molecule has 3 rings (SSSR count). The maximum absolute atomic E-state index is 12.4. The van der Waals surface area contributed by atoms with E-state index in [-0.39, 0.29) is 5.91 Å². The number of piperazine rings is 1. The Morgan fingerprint density at radius 2 is 1.95 bits per heavy atom. The van der Waals surface area contributed by atoms with Crippen molar-refractivity contribution in [1.29, 1.82) is 0 Å². The lowest BCUT2D eigenvalue weighted by molar-refractivity contribution is -0.127. The number of benzene rings is 1. The Bertz CT molecular complexity index is 695. The molecule has 0 spiro atoms. The van der Waals surface area contributed by atoms with Crippen molar-refractivity contribution in [1.82, 2.24) is 15.2 Å². The Labute approximate surface area is 130 Å². The van der Waals surface area contributed by atoms with Gasteiger partial charge in [0.25, 0.3) is 0 Å². The second kappa shape index (κ2) is 6.28. The first-order chi connectivity index (χ1) is 10.6. The van der Waals surface area contributed by atoms with Gasteiger partial charge in [0.2, 0.25) is 5.91 Å². The van der Waals surface area contributed by atoms with Crippen LogP contribution in [-0.2, 0) is 4.79 Å². The van der Waals surface area contributed by atoms with Crippen LogP contribution in [0.5, 0.6) is 0 Å². The van der Waals surface area contributed by atoms with Crippen LogP contribution in [0.4, 0.5) is 0 Å². The minimum absolute atomic E-state index is 0.0705. The zero-order valence-electron chi connectivity index (χ0n) is 13.0. The van der Waals surface area contributed by atoms with Gasteiger partial charge in [0.15, 0.2) is 0 Å². The highest BCUT2D eigenvalue weighted by Crippen LogP contribution is 2.17. The molecule has 0 radical (unpaired) electrons. The van der Waals surface area contributed by atoms with Crippen molar-refractivity contribution in [3.05, 3.63) is 48.2 Å². The van der Waals surface area contributed by atoms with Gasteiger partial charge in [0.1, 0.15) is 0 Å². The Kier molecular flexibility index (Phi) is 4.20. The molecule has 114 valence electrons. The van der Waals surface area contributed by atoms with E-state index in [4.69, 9.17) is 0 Å². The molecule has 4 nitrogen and oxygen atoms in total. The van der Waals surface area contributed by atoms with E-state index in [0.717, 1.165) is 29.6 Å². The Morgan fingerprint density at radius 3 is 2.73 bits per heavy atom. The maximum Gasteiger partial charge on any atom is 0.246 e. The van der Waals surface area contributed by atoms with Crippen LogP contribution < -0.4 is 5.32 Å². The van der Waals surface area contributed by atoms with E-state index in [1.54, 1.807) is 12.3 Å². The number of hydrogen-bond donors (Lipinski definition) is 1. The number of hydrogen-bond acceptors (Lipinski definition) is 3. The molecule has 22 heavy (non-hydrogen) atoms. The average Bonchev–Trinajstić information content (AvgIpc) is 2.51. The lowest BCUT2D eigenvalue weighted by Gasteiger charge is -2.35. The van der Waals surface area contributed by atoms with Crippen molar-refractivity contribution in [3.63, 3.8) is 0 Å². The van der Waals surface area contributed by atoms with Crippen LogP contribution in [0.25, 0.3) is 17.0 Å². The second-order valence-corrected chi connectivity index (χ2v) is 5.96. The predicted molar refractivity (Wildman–Crippen MR) is 89.4 cm³/mol. The molecule has 1 amide bonds. The van der Waals surface area contributed by atoms with Crippen LogP contribution >= 0.6 is 0 Å². The van der Waals surface area contributed by atoms with Crippen LogP contribution in [0.15, 0.2) is 42.6 Å². The number of amides is 1. The predicted octanol–water partition coefficient (Wildman–Crippen LogP) is 2.46. The third-order valence-corrected chi connectivity index (χ3v) is 3.96. The van der Waals surface area contributed by atoms with Crippen LogP contribution in [0.3, 0.4) is 0 Å². The fourth-order valence-electron chi connectivity index (χ4n) is 3.04. The molecular formula is C18H21N3O. The van der Waals surface area contributed by atoms with Crippen molar-refractivity contribution in [3.8, 4) is 0 Å². The molecule has 0 saturated carbocycles. The van der Waals surface area contributed by atoms with Crippen molar-refractivity contribution >= 4 is 22.9 Å². The molecule has 1 N–H and O–H groups in total. The first-order valence-corrected chi connectivity index (χ1v) is 7.70. The lowest BCUT2D eigenvalue weighted by Crippen LogP contribution is -2.55. The minimum Gasteiger partial charge on any atom is -0.336 e. The molecule has 0 aliphatic carbocycles. The molecule has 1 aliphatic rings. The summed E-state index contributed by atoms with van der Waals surface area (Å²) in [5.74, 6) is 0.0705. The molecule has 1 fully saturated rings. The van der Waals surface area contributed by atoms with E-state index in [9.17, 15) is 4.79 Å². The first-order valence-electron chi connectivity index (χ1n) is 7.70. The fraction of sp³-hybridized carbons (Fsp3) is 0.333. The van der Waals surface area contributed by atoms with Crippen molar-refractivity contribution < 1.29 is 4.79 Å². The molecule has 2 unspecified atom stereocenters. The normalized spacial score (nSPS) is 22.4. The van der Waals surface area contributed by atoms with E-state index in [1.165, 1.54) is 0 Å². The number of para-hydroxylation sites is 1. The van der Waals surface area contributed by atoms with Crippen molar-refractivity contribution in [2.75, 3.05) is 13.1 Å². The molecule has 1 saturated heterocycles. The van der Waals surface area contributed by atoms with Gasteiger partial charge in [0, 0.05) is 42.8 Å². The van der Waals surface area contributed by atoms with E-state index >= 15 is 0 Å². The highest BCUT2D eigenvalue weighted by molar-refractivity contribution is 5.95. The summed E-state index contributed by atoms with van der Waals surface area (Å²) < 4.78 is 0. The summed E-state index contributed by atoms with van der Waals surface area (Å²) in [6.07, 6.45) is 5.34. The van der Waals surface area contributed by atoms with Gasteiger partial charge in [-0.15, -0.1) is 0 Å². The van der Waals surface area contributed by atoms with Gasteiger partial charge in [0.05, 0.1) is 5.52 Å². The summed E-state index contributed by atoms with van der Waals surface area (Å²) in [7, 11) is 0. The van der Waals surface area contributed by atoms with Gasteiger partial charge in [-0.3, -0.25) is 9.78 Å². The molecule has 2 heterocycles. The lowest BCUT2D eigenvalue weighted by atomic mass is 10.1. The summed E-state index contributed by atoms with van der Waals surface area (Å²) in [6.45, 7) is 5.72. The zero-order chi connectivity index (χ0) is 15.5. The minimum atomic E-state index is 0.0705. The Balaban J connectivity index is 1.79. The number of rotatable bonds is 2. The zero-order valence-corrected chi connectivity index (χ0v) is 13.0. The number of carbonyl (C=O) groups is 1. The molecule has 0 bridgehead atoms.